The fourth-order valence-electron chi connectivity index (χ4n) is 6.22. The van der Waals surface area contributed by atoms with Crippen LogP contribution in [0.25, 0.3) is 0 Å². The number of nitrogens with zero attached hydrogens (tertiary/aromatic N) is 3. The maximum Gasteiger partial charge on any atom is 0.290 e. The average Bonchev–Trinajstić information content (AvgIpc) is 3.08. The molecule has 178 valence electrons. The van der Waals surface area contributed by atoms with Crippen molar-refractivity contribution in [3.63, 3.8) is 0 Å². The van der Waals surface area contributed by atoms with E-state index >= 15 is 0 Å². The molecule has 2 bridgehead atoms. The fourth-order valence-corrected chi connectivity index (χ4v) is 6.22. The van der Waals surface area contributed by atoms with Crippen molar-refractivity contribution in [1.29, 1.82) is 0 Å². The number of carbonyl (C=O) groups excluding carboxylic acids is 1. The van der Waals surface area contributed by atoms with E-state index in [1.807, 2.05) is 6.20 Å². The number of carboxylic acid groups (broad SMARTS) is 1. The molecule has 5 rings (SSSR count). The van der Waals surface area contributed by atoms with Gasteiger partial charge in [0.05, 0.1) is 18.2 Å². The van der Waals surface area contributed by atoms with Crippen LogP contribution in [-0.4, -0.2) is 63.3 Å². The molecular weight excluding hydrogens is 408 g/mol. The third-order valence-corrected chi connectivity index (χ3v) is 7.90. The summed E-state index contributed by atoms with van der Waals surface area (Å²) in [6.45, 7) is 9.76. The molecule has 1 aliphatic carbocycles. The average molecular weight is 447 g/mol. The number of carbonyl (C=O) groups is 2. The van der Waals surface area contributed by atoms with Gasteiger partial charge >= 0.3 is 0 Å². The van der Waals surface area contributed by atoms with E-state index in [0.29, 0.717) is 24.0 Å². The molecule has 4 fully saturated rings. The van der Waals surface area contributed by atoms with Crippen LogP contribution in [0.1, 0.15) is 71.2 Å². The van der Waals surface area contributed by atoms with E-state index in [2.05, 4.69) is 46.7 Å². The van der Waals surface area contributed by atoms with Gasteiger partial charge in [-0.3, -0.25) is 14.5 Å². The van der Waals surface area contributed by atoms with Gasteiger partial charge in [-0.2, -0.15) is 0 Å². The van der Waals surface area contributed by atoms with Crippen molar-refractivity contribution in [1.82, 2.24) is 19.8 Å². The Bertz CT molecular complexity index is 821. The SMILES string of the molecule is CCCC(C)(C)C(=O)NC[C@H]1[C@H]2CN(Cc3nccn3C3CC3)C[C@]23CC[C@H]1O3.O=CO. The van der Waals surface area contributed by atoms with Crippen molar-refractivity contribution >= 4 is 12.4 Å². The van der Waals surface area contributed by atoms with Crippen LogP contribution in [0.2, 0.25) is 0 Å². The van der Waals surface area contributed by atoms with Crippen molar-refractivity contribution in [2.75, 3.05) is 19.6 Å². The van der Waals surface area contributed by atoms with Gasteiger partial charge in [0.15, 0.2) is 0 Å². The van der Waals surface area contributed by atoms with E-state index in [-0.39, 0.29) is 23.4 Å². The highest BCUT2D eigenvalue weighted by Gasteiger charge is 2.62. The number of hydrogen-bond donors (Lipinski definition) is 2. The summed E-state index contributed by atoms with van der Waals surface area (Å²) in [7, 11) is 0. The van der Waals surface area contributed by atoms with Crippen LogP contribution in [0.15, 0.2) is 12.4 Å². The van der Waals surface area contributed by atoms with Gasteiger partial charge in [0.1, 0.15) is 5.82 Å². The first-order valence-corrected chi connectivity index (χ1v) is 12.1. The standard InChI is InChI=1S/C23H36N4O2.CH2O2/c1-4-8-22(2,3)21(28)25-12-17-18-13-26(15-23(18)9-7-19(17)29-23)14-20-24-10-11-27(20)16-5-6-16;2-1-3/h10-11,16-19H,4-9,12-15H2,1-3H3,(H,25,28);1H,(H,2,3)/t17-,18+,19+,23+;/m0./s1. The lowest BCUT2D eigenvalue weighted by molar-refractivity contribution is -0.130. The van der Waals surface area contributed by atoms with Crippen LogP contribution in [0.5, 0.6) is 0 Å². The van der Waals surface area contributed by atoms with Gasteiger partial charge in [-0.05, 0) is 32.1 Å². The van der Waals surface area contributed by atoms with Gasteiger partial charge in [-0.25, -0.2) is 4.98 Å². The lowest BCUT2D eigenvalue weighted by Gasteiger charge is -2.31. The largest absolute Gasteiger partial charge is 0.483 e. The summed E-state index contributed by atoms with van der Waals surface area (Å²) < 4.78 is 8.95. The van der Waals surface area contributed by atoms with Crippen LogP contribution in [0.4, 0.5) is 0 Å². The fraction of sp³-hybridized carbons (Fsp3) is 0.792. The second kappa shape index (κ2) is 9.14. The molecule has 0 aromatic carbocycles. The summed E-state index contributed by atoms with van der Waals surface area (Å²) in [6, 6.07) is 0.675. The zero-order valence-corrected chi connectivity index (χ0v) is 19.6. The Kier molecular flexibility index (Phi) is 6.63. The van der Waals surface area contributed by atoms with Crippen molar-refractivity contribution in [3.05, 3.63) is 18.2 Å². The highest BCUT2D eigenvalue weighted by molar-refractivity contribution is 5.81. The first-order chi connectivity index (χ1) is 15.3. The van der Waals surface area contributed by atoms with Gasteiger partial charge in [0.2, 0.25) is 5.91 Å². The smallest absolute Gasteiger partial charge is 0.290 e. The van der Waals surface area contributed by atoms with Crippen molar-refractivity contribution in [2.45, 2.75) is 83.6 Å². The van der Waals surface area contributed by atoms with Gasteiger partial charge in [-0.1, -0.05) is 27.2 Å². The molecule has 4 aliphatic rings. The lowest BCUT2D eigenvalue weighted by Crippen LogP contribution is -2.45. The van der Waals surface area contributed by atoms with E-state index < -0.39 is 0 Å². The molecule has 1 saturated carbocycles. The molecule has 4 atom stereocenters. The zero-order chi connectivity index (χ0) is 22.9. The Hall–Kier alpha value is -1.93. The first kappa shape index (κ1) is 23.2. The molecule has 4 heterocycles. The van der Waals surface area contributed by atoms with Crippen LogP contribution >= 0.6 is 0 Å². The van der Waals surface area contributed by atoms with Crippen LogP contribution < -0.4 is 5.32 Å². The molecule has 32 heavy (non-hydrogen) atoms. The van der Waals surface area contributed by atoms with Crippen LogP contribution in [0.3, 0.4) is 0 Å². The van der Waals surface area contributed by atoms with E-state index in [1.54, 1.807) is 0 Å². The molecule has 1 aromatic heterocycles. The van der Waals surface area contributed by atoms with E-state index in [4.69, 9.17) is 14.6 Å². The molecule has 3 aliphatic heterocycles. The van der Waals surface area contributed by atoms with Crippen molar-refractivity contribution < 1.29 is 19.4 Å². The minimum atomic E-state index is -0.285. The molecule has 8 nitrogen and oxygen atoms in total. The van der Waals surface area contributed by atoms with E-state index in [1.165, 1.54) is 25.1 Å². The second-order valence-corrected chi connectivity index (χ2v) is 10.6. The van der Waals surface area contributed by atoms with Gasteiger partial charge in [0, 0.05) is 55.3 Å². The number of aromatic nitrogens is 2. The molecule has 0 unspecified atom stereocenters. The molecule has 0 radical (unpaired) electrons. The predicted octanol–water partition coefficient (Wildman–Crippen LogP) is 2.84. The highest BCUT2D eigenvalue weighted by Crippen LogP contribution is 2.54. The summed E-state index contributed by atoms with van der Waals surface area (Å²) >= 11 is 0. The van der Waals surface area contributed by atoms with Gasteiger partial charge in [0.25, 0.3) is 6.47 Å². The lowest BCUT2D eigenvalue weighted by atomic mass is 9.73. The normalized spacial score (nSPS) is 31.2. The van der Waals surface area contributed by atoms with E-state index in [0.717, 1.165) is 45.4 Å². The Morgan fingerprint density at radius 3 is 2.84 bits per heavy atom. The third kappa shape index (κ3) is 4.44. The Morgan fingerprint density at radius 1 is 1.41 bits per heavy atom. The number of hydrogen-bond acceptors (Lipinski definition) is 5. The third-order valence-electron chi connectivity index (χ3n) is 7.90. The van der Waals surface area contributed by atoms with Crippen LogP contribution in [-0.2, 0) is 20.9 Å². The van der Waals surface area contributed by atoms with Crippen LogP contribution in [0, 0.1) is 17.3 Å². The summed E-state index contributed by atoms with van der Waals surface area (Å²) in [5.41, 5.74) is -0.275. The van der Waals surface area contributed by atoms with Crippen molar-refractivity contribution in [3.8, 4) is 0 Å². The van der Waals surface area contributed by atoms with Gasteiger partial charge in [-0.15, -0.1) is 0 Å². The summed E-state index contributed by atoms with van der Waals surface area (Å²) in [4.78, 5) is 28.3. The Labute approximate surface area is 190 Å². The first-order valence-electron chi connectivity index (χ1n) is 12.1. The molecule has 3 saturated heterocycles. The summed E-state index contributed by atoms with van der Waals surface area (Å²) in [6.07, 6.45) is 11.3. The number of amides is 1. The molecule has 8 heteroatoms. The zero-order valence-electron chi connectivity index (χ0n) is 19.6. The summed E-state index contributed by atoms with van der Waals surface area (Å²) in [5, 5.41) is 10.2. The number of ether oxygens (including phenoxy) is 1. The maximum atomic E-state index is 12.7. The molecular formula is C24H38N4O4. The monoisotopic (exact) mass is 446 g/mol. The topological polar surface area (TPSA) is 96.7 Å². The summed E-state index contributed by atoms with van der Waals surface area (Å²) in [5.74, 6) is 2.36. The number of imidazole rings is 1. The van der Waals surface area contributed by atoms with Crippen molar-refractivity contribution in [2.24, 2.45) is 17.3 Å². The number of fused-ring (bicyclic) bond motifs is 1. The number of nitrogens with one attached hydrogen (secondary N) is 1. The molecule has 1 aromatic rings. The van der Waals surface area contributed by atoms with E-state index in [9.17, 15) is 4.79 Å². The maximum absolute atomic E-state index is 12.7. The number of likely N-dealkylation sites (tertiary alicyclic amines) is 1. The Morgan fingerprint density at radius 2 is 2.16 bits per heavy atom. The molecule has 1 amide bonds. The second-order valence-electron chi connectivity index (χ2n) is 10.6. The minimum absolute atomic E-state index is 0.00992. The molecule has 2 N–H and O–H groups in total. The number of rotatable bonds is 8. The quantitative estimate of drug-likeness (QED) is 0.596. The molecule has 1 spiro atoms. The minimum Gasteiger partial charge on any atom is -0.483 e. The van der Waals surface area contributed by atoms with Gasteiger partial charge < -0.3 is 19.7 Å². The highest BCUT2D eigenvalue weighted by atomic mass is 16.5. The predicted molar refractivity (Wildman–Crippen MR) is 120 cm³/mol. The Balaban J connectivity index is 0.000000775.